The number of hydrogen-bond acceptors (Lipinski definition) is 5. The summed E-state index contributed by atoms with van der Waals surface area (Å²) in [6.07, 6.45) is -3.65. The molecule has 1 N–H and O–H groups in total. The van der Waals surface area contributed by atoms with Crippen molar-refractivity contribution in [2.45, 2.75) is 6.18 Å². The van der Waals surface area contributed by atoms with E-state index in [0.717, 1.165) is 24.3 Å². The lowest BCUT2D eigenvalue weighted by molar-refractivity contribution is -0.385. The predicted octanol–water partition coefficient (Wildman–Crippen LogP) is 6.09. The van der Waals surface area contributed by atoms with Crippen LogP contribution in [0.2, 0.25) is 0 Å². The zero-order valence-corrected chi connectivity index (χ0v) is 17.0. The van der Waals surface area contributed by atoms with Gasteiger partial charge in [0.15, 0.2) is 0 Å². The van der Waals surface area contributed by atoms with Crippen LogP contribution < -0.4 is 10.1 Å². The number of nitro benzene ring substituents is 1. The van der Waals surface area contributed by atoms with Crippen LogP contribution >= 0.6 is 0 Å². The topological polar surface area (TPSA) is 105 Å². The second kappa shape index (κ2) is 9.83. The van der Waals surface area contributed by atoms with Crippen LogP contribution in [0, 0.1) is 27.3 Å². The van der Waals surface area contributed by atoms with Crippen LogP contribution in [-0.4, -0.2) is 10.8 Å². The molecule has 0 aliphatic rings. The van der Waals surface area contributed by atoms with E-state index in [0.29, 0.717) is 12.1 Å². The van der Waals surface area contributed by atoms with E-state index >= 15 is 0 Å². The highest BCUT2D eigenvalue weighted by Crippen LogP contribution is 2.38. The first-order valence-electron chi connectivity index (χ1n) is 9.39. The zero-order chi connectivity index (χ0) is 24.9. The van der Waals surface area contributed by atoms with E-state index < -0.39 is 39.8 Å². The van der Waals surface area contributed by atoms with Crippen LogP contribution in [0.25, 0.3) is 6.08 Å². The number of halogens is 4. The molecule has 0 aliphatic heterocycles. The van der Waals surface area contributed by atoms with Gasteiger partial charge < -0.3 is 10.1 Å². The summed E-state index contributed by atoms with van der Waals surface area (Å²) < 4.78 is 57.3. The van der Waals surface area contributed by atoms with Crippen molar-refractivity contribution in [1.82, 2.24) is 0 Å². The molecule has 0 saturated carbocycles. The number of amides is 1. The number of alkyl halides is 3. The monoisotopic (exact) mass is 471 g/mol. The van der Waals surface area contributed by atoms with Crippen molar-refractivity contribution in [3.63, 3.8) is 0 Å². The molecular formula is C23H13F4N3O4. The number of ether oxygens (including phenoxy) is 1. The van der Waals surface area contributed by atoms with Gasteiger partial charge >= 0.3 is 11.9 Å². The quantitative estimate of drug-likeness (QED) is 0.154. The van der Waals surface area contributed by atoms with Gasteiger partial charge in [-0.25, -0.2) is 4.39 Å². The first-order valence-corrected chi connectivity index (χ1v) is 9.39. The number of carbonyl (C=O) groups is 1. The van der Waals surface area contributed by atoms with Crippen molar-refractivity contribution in [2.24, 2.45) is 0 Å². The Morgan fingerprint density at radius 2 is 1.74 bits per heavy atom. The summed E-state index contributed by atoms with van der Waals surface area (Å²) in [4.78, 5) is 22.7. The fourth-order valence-electron chi connectivity index (χ4n) is 2.77. The van der Waals surface area contributed by atoms with Gasteiger partial charge in [0.05, 0.1) is 10.5 Å². The molecular weight excluding hydrogens is 458 g/mol. The number of para-hydroxylation sites is 1. The second-order valence-electron chi connectivity index (χ2n) is 6.71. The fraction of sp³-hybridized carbons (Fsp3) is 0.0435. The molecule has 11 heteroatoms. The zero-order valence-electron chi connectivity index (χ0n) is 17.0. The van der Waals surface area contributed by atoms with Crippen LogP contribution in [0.5, 0.6) is 11.5 Å². The number of hydrogen-bond donors (Lipinski definition) is 1. The van der Waals surface area contributed by atoms with Crippen molar-refractivity contribution in [1.29, 1.82) is 5.26 Å². The van der Waals surface area contributed by atoms with Crippen molar-refractivity contribution >= 4 is 23.4 Å². The van der Waals surface area contributed by atoms with Crippen LogP contribution in [0.15, 0.2) is 72.3 Å². The molecule has 0 spiro atoms. The summed E-state index contributed by atoms with van der Waals surface area (Å²) in [5, 5.41) is 23.1. The summed E-state index contributed by atoms with van der Waals surface area (Å²) in [6.45, 7) is 0. The van der Waals surface area contributed by atoms with Crippen LogP contribution in [0.3, 0.4) is 0 Å². The van der Waals surface area contributed by atoms with Gasteiger partial charge in [-0.2, -0.15) is 18.4 Å². The Kier molecular flexibility index (Phi) is 6.92. The molecule has 3 aromatic carbocycles. The van der Waals surface area contributed by atoms with Crippen molar-refractivity contribution in [2.75, 3.05) is 5.32 Å². The summed E-state index contributed by atoms with van der Waals surface area (Å²) in [7, 11) is 0. The summed E-state index contributed by atoms with van der Waals surface area (Å²) >= 11 is 0. The fourth-order valence-corrected chi connectivity index (χ4v) is 2.77. The molecule has 172 valence electrons. The number of nitrogens with zero attached hydrogens (tertiary/aromatic N) is 2. The number of benzene rings is 3. The number of carbonyl (C=O) groups excluding carboxylic acids is 1. The van der Waals surface area contributed by atoms with Crippen molar-refractivity contribution < 1.29 is 32.0 Å². The minimum Gasteiger partial charge on any atom is -0.449 e. The predicted molar refractivity (Wildman–Crippen MR) is 113 cm³/mol. The van der Waals surface area contributed by atoms with E-state index in [4.69, 9.17) is 4.74 Å². The standard InChI is InChI=1S/C23H13F4N3O4/c24-17-6-8-18(9-7-17)29-22(31)15(13-28)11-14-3-1-2-4-20(14)34-21-10-5-16(23(25,26)27)12-19(21)30(32)33/h1-12H,(H,29,31)/b15-11+. The van der Waals surface area contributed by atoms with Gasteiger partial charge in [0, 0.05) is 17.3 Å². The molecule has 0 unspecified atom stereocenters. The van der Waals surface area contributed by atoms with E-state index in [-0.39, 0.29) is 22.6 Å². The average Bonchev–Trinajstić information content (AvgIpc) is 2.79. The Morgan fingerprint density at radius 1 is 1.06 bits per heavy atom. The van der Waals surface area contributed by atoms with E-state index in [1.807, 2.05) is 0 Å². The maximum absolute atomic E-state index is 13.0. The summed E-state index contributed by atoms with van der Waals surface area (Å²) in [5.41, 5.74) is -2.12. The highest BCUT2D eigenvalue weighted by atomic mass is 19.4. The van der Waals surface area contributed by atoms with Crippen molar-refractivity contribution in [3.05, 3.63) is 99.4 Å². The molecule has 7 nitrogen and oxygen atoms in total. The number of nitriles is 1. The average molecular weight is 471 g/mol. The largest absolute Gasteiger partial charge is 0.449 e. The Bertz CT molecular complexity index is 1310. The number of nitrogens with one attached hydrogen (secondary N) is 1. The van der Waals surface area contributed by atoms with Gasteiger partial charge in [0.25, 0.3) is 5.91 Å². The molecule has 1 amide bonds. The molecule has 3 rings (SSSR count). The summed E-state index contributed by atoms with van der Waals surface area (Å²) in [5.74, 6) is -1.84. The highest BCUT2D eigenvalue weighted by molar-refractivity contribution is 6.09. The third-order valence-electron chi connectivity index (χ3n) is 4.39. The number of anilines is 1. The molecule has 0 radical (unpaired) electrons. The lowest BCUT2D eigenvalue weighted by atomic mass is 10.1. The lowest BCUT2D eigenvalue weighted by Crippen LogP contribution is -2.13. The Labute approximate surface area is 189 Å². The molecule has 0 heterocycles. The van der Waals surface area contributed by atoms with Crippen LogP contribution in [-0.2, 0) is 11.0 Å². The van der Waals surface area contributed by atoms with Gasteiger partial charge in [-0.05, 0) is 48.5 Å². The Hall–Kier alpha value is -4.72. The first-order chi connectivity index (χ1) is 16.1. The minimum absolute atomic E-state index is 0.0484. The van der Waals surface area contributed by atoms with Gasteiger partial charge in [-0.1, -0.05) is 18.2 Å². The molecule has 0 saturated heterocycles. The molecule has 0 atom stereocenters. The van der Waals surface area contributed by atoms with E-state index in [2.05, 4.69) is 5.32 Å². The normalized spacial score (nSPS) is 11.4. The molecule has 0 aromatic heterocycles. The lowest BCUT2D eigenvalue weighted by Gasteiger charge is -2.12. The second-order valence-corrected chi connectivity index (χ2v) is 6.71. The Balaban J connectivity index is 1.93. The maximum Gasteiger partial charge on any atom is 0.416 e. The smallest absolute Gasteiger partial charge is 0.416 e. The minimum atomic E-state index is -4.79. The maximum atomic E-state index is 13.0. The van der Waals surface area contributed by atoms with Crippen molar-refractivity contribution in [3.8, 4) is 17.6 Å². The highest BCUT2D eigenvalue weighted by Gasteiger charge is 2.33. The van der Waals surface area contributed by atoms with Gasteiger partial charge in [0.1, 0.15) is 23.2 Å². The Morgan fingerprint density at radius 3 is 2.35 bits per heavy atom. The van der Waals surface area contributed by atoms with Gasteiger partial charge in [-0.15, -0.1) is 0 Å². The van der Waals surface area contributed by atoms with Gasteiger partial charge in [0.2, 0.25) is 5.75 Å². The first kappa shape index (κ1) is 23.9. The van der Waals surface area contributed by atoms with Crippen LogP contribution in [0.1, 0.15) is 11.1 Å². The molecule has 0 fully saturated rings. The van der Waals surface area contributed by atoms with E-state index in [1.54, 1.807) is 6.07 Å². The number of nitro groups is 1. The number of rotatable bonds is 6. The third-order valence-corrected chi connectivity index (χ3v) is 4.39. The third kappa shape index (κ3) is 5.74. The molecule has 34 heavy (non-hydrogen) atoms. The van der Waals surface area contributed by atoms with Crippen LogP contribution in [0.4, 0.5) is 28.9 Å². The molecule has 0 bridgehead atoms. The molecule has 0 aliphatic carbocycles. The SMILES string of the molecule is N#C/C(=C\c1ccccc1Oc1ccc(C(F)(F)F)cc1[N+](=O)[O-])C(=O)Nc1ccc(F)cc1. The van der Waals surface area contributed by atoms with E-state index in [1.165, 1.54) is 36.4 Å². The van der Waals surface area contributed by atoms with E-state index in [9.17, 15) is 37.7 Å². The van der Waals surface area contributed by atoms with Gasteiger partial charge in [-0.3, -0.25) is 14.9 Å². The summed E-state index contributed by atoms with van der Waals surface area (Å²) in [6, 6.07) is 14.2. The molecule has 3 aromatic rings.